The van der Waals surface area contributed by atoms with Crippen molar-refractivity contribution in [1.29, 1.82) is 0 Å². The van der Waals surface area contributed by atoms with E-state index in [2.05, 4.69) is 13.8 Å². The van der Waals surface area contributed by atoms with Crippen molar-refractivity contribution in [3.8, 4) is 0 Å². The van der Waals surface area contributed by atoms with Crippen LogP contribution in [0.1, 0.15) is 52.4 Å². The Morgan fingerprint density at radius 3 is 2.58 bits per heavy atom. The number of hydrogen-bond acceptors (Lipinski definition) is 1. The number of aliphatic hydroxyl groups is 1. The molecule has 0 bridgehead atoms. The Labute approximate surface area is 76.2 Å². The first kappa shape index (κ1) is 10.0. The van der Waals surface area contributed by atoms with Gasteiger partial charge in [0.1, 0.15) is 0 Å². The fraction of sp³-hybridized carbons (Fsp3) is 1.00. The van der Waals surface area contributed by atoms with Crippen LogP contribution in [0.2, 0.25) is 0 Å². The molecule has 12 heavy (non-hydrogen) atoms. The minimum absolute atomic E-state index is 0.00782. The van der Waals surface area contributed by atoms with Crippen LogP contribution in [0.25, 0.3) is 0 Å². The molecule has 0 aromatic heterocycles. The zero-order valence-electron chi connectivity index (χ0n) is 8.42. The lowest BCUT2D eigenvalue weighted by molar-refractivity contribution is 0.0988. The minimum atomic E-state index is -0.00782. The highest BCUT2D eigenvalue weighted by Gasteiger charge is 2.27. The van der Waals surface area contributed by atoms with Crippen LogP contribution in [0.3, 0.4) is 0 Å². The molecule has 0 heterocycles. The van der Waals surface area contributed by atoms with Gasteiger partial charge in [0.15, 0.2) is 0 Å². The van der Waals surface area contributed by atoms with Gasteiger partial charge in [-0.25, -0.2) is 0 Å². The van der Waals surface area contributed by atoms with Crippen molar-refractivity contribution >= 4 is 0 Å². The lowest BCUT2D eigenvalue weighted by atomic mass is 9.95. The molecule has 1 saturated carbocycles. The van der Waals surface area contributed by atoms with Gasteiger partial charge in [0.25, 0.3) is 0 Å². The van der Waals surface area contributed by atoms with Gasteiger partial charge in [-0.1, -0.05) is 33.1 Å². The maximum absolute atomic E-state index is 9.76. The van der Waals surface area contributed by atoms with Gasteiger partial charge in [0.05, 0.1) is 6.10 Å². The SMILES string of the molecule is CCC[C@@H](O)C1CCC(CC)C1. The van der Waals surface area contributed by atoms with Gasteiger partial charge in [-0.3, -0.25) is 0 Å². The Morgan fingerprint density at radius 2 is 2.08 bits per heavy atom. The summed E-state index contributed by atoms with van der Waals surface area (Å²) in [7, 11) is 0. The third-order valence-electron chi connectivity index (χ3n) is 3.29. The highest BCUT2D eigenvalue weighted by atomic mass is 16.3. The average molecular weight is 170 g/mol. The average Bonchev–Trinajstić information content (AvgIpc) is 2.52. The zero-order valence-corrected chi connectivity index (χ0v) is 8.42. The van der Waals surface area contributed by atoms with E-state index < -0.39 is 0 Å². The van der Waals surface area contributed by atoms with Crippen LogP contribution in [0.5, 0.6) is 0 Å². The van der Waals surface area contributed by atoms with E-state index in [0.29, 0.717) is 5.92 Å². The Balaban J connectivity index is 2.25. The maximum atomic E-state index is 9.76. The summed E-state index contributed by atoms with van der Waals surface area (Å²) < 4.78 is 0. The molecule has 1 fully saturated rings. The highest BCUT2D eigenvalue weighted by molar-refractivity contribution is 4.79. The van der Waals surface area contributed by atoms with Gasteiger partial charge < -0.3 is 5.11 Å². The molecule has 72 valence electrons. The quantitative estimate of drug-likeness (QED) is 0.687. The van der Waals surface area contributed by atoms with Gasteiger partial charge >= 0.3 is 0 Å². The van der Waals surface area contributed by atoms with E-state index in [1.807, 2.05) is 0 Å². The molecule has 0 radical (unpaired) electrons. The van der Waals surface area contributed by atoms with Crippen molar-refractivity contribution in [2.24, 2.45) is 11.8 Å². The summed E-state index contributed by atoms with van der Waals surface area (Å²) >= 11 is 0. The monoisotopic (exact) mass is 170 g/mol. The summed E-state index contributed by atoms with van der Waals surface area (Å²) in [5, 5.41) is 9.76. The molecule has 3 atom stereocenters. The smallest absolute Gasteiger partial charge is 0.0568 e. The van der Waals surface area contributed by atoms with E-state index in [1.54, 1.807) is 0 Å². The summed E-state index contributed by atoms with van der Waals surface area (Å²) in [5.41, 5.74) is 0. The summed E-state index contributed by atoms with van der Waals surface area (Å²) in [6.07, 6.45) is 7.30. The normalized spacial score (nSPS) is 32.2. The molecule has 0 saturated heterocycles. The Kier molecular flexibility index (Phi) is 4.07. The molecule has 1 N–H and O–H groups in total. The largest absolute Gasteiger partial charge is 0.393 e. The first-order valence-electron chi connectivity index (χ1n) is 5.46. The predicted molar refractivity (Wildman–Crippen MR) is 52.0 cm³/mol. The van der Waals surface area contributed by atoms with Crippen molar-refractivity contribution in [2.75, 3.05) is 0 Å². The Hall–Kier alpha value is -0.0400. The molecule has 0 aliphatic heterocycles. The fourth-order valence-electron chi connectivity index (χ4n) is 2.37. The van der Waals surface area contributed by atoms with Crippen molar-refractivity contribution in [2.45, 2.75) is 58.5 Å². The van der Waals surface area contributed by atoms with Crippen LogP contribution in [0, 0.1) is 11.8 Å². The van der Waals surface area contributed by atoms with Gasteiger partial charge in [-0.15, -0.1) is 0 Å². The molecular weight excluding hydrogens is 148 g/mol. The summed E-state index contributed by atoms with van der Waals surface area (Å²) in [5.74, 6) is 1.52. The van der Waals surface area contributed by atoms with Gasteiger partial charge in [-0.2, -0.15) is 0 Å². The molecular formula is C11H22O. The van der Waals surface area contributed by atoms with E-state index in [9.17, 15) is 5.11 Å². The zero-order chi connectivity index (χ0) is 8.97. The fourth-order valence-corrected chi connectivity index (χ4v) is 2.37. The van der Waals surface area contributed by atoms with Gasteiger partial charge in [-0.05, 0) is 31.1 Å². The number of aliphatic hydroxyl groups excluding tert-OH is 1. The topological polar surface area (TPSA) is 20.2 Å². The first-order chi connectivity index (χ1) is 5.77. The van der Waals surface area contributed by atoms with E-state index in [1.165, 1.54) is 25.7 Å². The van der Waals surface area contributed by atoms with Crippen LogP contribution in [0.15, 0.2) is 0 Å². The van der Waals surface area contributed by atoms with Crippen molar-refractivity contribution < 1.29 is 5.11 Å². The number of rotatable bonds is 4. The molecule has 1 aliphatic carbocycles. The van der Waals surface area contributed by atoms with Crippen molar-refractivity contribution in [3.05, 3.63) is 0 Å². The second kappa shape index (κ2) is 4.86. The first-order valence-corrected chi connectivity index (χ1v) is 5.46. The second-order valence-corrected chi connectivity index (χ2v) is 4.20. The standard InChI is InChI=1S/C11H22O/c1-3-5-11(12)10-7-6-9(4-2)8-10/h9-12H,3-8H2,1-2H3/t9?,10?,11-/m1/s1. The molecule has 1 heteroatoms. The molecule has 0 aromatic rings. The third-order valence-corrected chi connectivity index (χ3v) is 3.29. The summed E-state index contributed by atoms with van der Waals surface area (Å²) in [6, 6.07) is 0. The van der Waals surface area contributed by atoms with Crippen molar-refractivity contribution in [1.82, 2.24) is 0 Å². The lowest BCUT2D eigenvalue weighted by Gasteiger charge is -2.17. The van der Waals surface area contributed by atoms with Crippen LogP contribution in [0.4, 0.5) is 0 Å². The molecule has 1 rings (SSSR count). The molecule has 1 nitrogen and oxygen atoms in total. The lowest BCUT2D eigenvalue weighted by Crippen LogP contribution is -2.17. The third kappa shape index (κ3) is 2.48. The van der Waals surface area contributed by atoms with Crippen LogP contribution >= 0.6 is 0 Å². The summed E-state index contributed by atoms with van der Waals surface area (Å²) in [6.45, 7) is 4.41. The molecule has 0 aromatic carbocycles. The molecule has 0 spiro atoms. The van der Waals surface area contributed by atoms with Gasteiger partial charge in [0, 0.05) is 0 Å². The second-order valence-electron chi connectivity index (χ2n) is 4.20. The van der Waals surface area contributed by atoms with Crippen molar-refractivity contribution in [3.63, 3.8) is 0 Å². The minimum Gasteiger partial charge on any atom is -0.393 e. The molecule has 0 amide bonds. The highest BCUT2D eigenvalue weighted by Crippen LogP contribution is 2.35. The van der Waals surface area contributed by atoms with Gasteiger partial charge in [0.2, 0.25) is 0 Å². The molecule has 2 unspecified atom stereocenters. The van der Waals surface area contributed by atoms with Crippen LogP contribution in [-0.4, -0.2) is 11.2 Å². The Morgan fingerprint density at radius 1 is 1.33 bits per heavy atom. The van der Waals surface area contributed by atoms with Crippen LogP contribution in [-0.2, 0) is 0 Å². The van der Waals surface area contributed by atoms with E-state index >= 15 is 0 Å². The van der Waals surface area contributed by atoms with E-state index in [-0.39, 0.29) is 6.10 Å². The maximum Gasteiger partial charge on any atom is 0.0568 e. The number of hydrogen-bond donors (Lipinski definition) is 1. The Bertz CT molecular complexity index is 122. The van der Waals surface area contributed by atoms with E-state index in [4.69, 9.17) is 0 Å². The van der Waals surface area contributed by atoms with E-state index in [0.717, 1.165) is 18.8 Å². The van der Waals surface area contributed by atoms with Crippen LogP contribution < -0.4 is 0 Å². The predicted octanol–water partition coefficient (Wildman–Crippen LogP) is 2.97. The summed E-state index contributed by atoms with van der Waals surface area (Å²) in [4.78, 5) is 0. The molecule has 1 aliphatic rings.